The fourth-order valence-electron chi connectivity index (χ4n) is 2.03. The van der Waals surface area contributed by atoms with E-state index in [-0.39, 0.29) is 16.6 Å². The zero-order valence-electron chi connectivity index (χ0n) is 11.8. The van der Waals surface area contributed by atoms with E-state index >= 15 is 0 Å². The highest BCUT2D eigenvalue weighted by atomic mass is 32.2. The molecule has 0 aliphatic rings. The zero-order valence-corrected chi connectivity index (χ0v) is 12.6. The third-order valence-electron chi connectivity index (χ3n) is 3.16. The minimum Gasteiger partial charge on any atom is -0.373 e. The van der Waals surface area contributed by atoms with Crippen LogP contribution >= 0.6 is 0 Å². The van der Waals surface area contributed by atoms with Crippen molar-refractivity contribution < 1.29 is 13.3 Å². The number of hydrogen-bond donors (Lipinski definition) is 2. The van der Waals surface area contributed by atoms with Crippen LogP contribution in [0.15, 0.2) is 53.4 Å². The summed E-state index contributed by atoms with van der Waals surface area (Å²) in [5, 5.41) is 19.1. The summed E-state index contributed by atoms with van der Waals surface area (Å²) in [5.74, 6) is 0. The van der Waals surface area contributed by atoms with Crippen molar-refractivity contribution in [3.63, 3.8) is 0 Å². The highest BCUT2D eigenvalue weighted by Crippen LogP contribution is 2.28. The Balaban J connectivity index is 2.31. The molecule has 0 radical (unpaired) electrons. The monoisotopic (exact) mass is 321 g/mol. The van der Waals surface area contributed by atoms with Crippen LogP contribution in [-0.2, 0) is 10.0 Å². The van der Waals surface area contributed by atoms with Crippen molar-refractivity contribution in [3.8, 4) is 0 Å². The molecule has 0 aliphatic carbocycles. The van der Waals surface area contributed by atoms with Gasteiger partial charge in [-0.3, -0.25) is 10.1 Å². The van der Waals surface area contributed by atoms with E-state index in [2.05, 4.69) is 5.32 Å². The Morgan fingerprint density at radius 1 is 1.18 bits per heavy atom. The van der Waals surface area contributed by atoms with Crippen molar-refractivity contribution >= 4 is 21.4 Å². The second-order valence-corrected chi connectivity index (χ2v) is 6.32. The lowest BCUT2D eigenvalue weighted by molar-refractivity contribution is -0.384. The quantitative estimate of drug-likeness (QED) is 0.648. The number of hydrogen-bond acceptors (Lipinski definition) is 5. The van der Waals surface area contributed by atoms with Crippen LogP contribution in [0.2, 0.25) is 0 Å². The van der Waals surface area contributed by atoms with E-state index in [1.54, 1.807) is 37.3 Å². The molecular weight excluding hydrogens is 306 g/mol. The van der Waals surface area contributed by atoms with E-state index in [0.717, 1.165) is 0 Å². The number of benzene rings is 2. The van der Waals surface area contributed by atoms with E-state index in [4.69, 9.17) is 5.14 Å². The molecule has 0 saturated heterocycles. The van der Waals surface area contributed by atoms with Crippen molar-refractivity contribution in [1.82, 2.24) is 0 Å². The Labute approximate surface area is 128 Å². The molecule has 0 fully saturated rings. The van der Waals surface area contributed by atoms with Gasteiger partial charge in [0.25, 0.3) is 5.69 Å². The number of primary sulfonamides is 1. The molecular formula is C14H15N3O4S. The smallest absolute Gasteiger partial charge is 0.292 e. The molecule has 0 saturated carbocycles. The fourth-order valence-corrected chi connectivity index (χ4v) is 2.60. The third-order valence-corrected chi connectivity index (χ3v) is 4.07. The number of nitrogens with one attached hydrogen (secondary N) is 1. The number of anilines is 1. The van der Waals surface area contributed by atoms with Gasteiger partial charge in [0.15, 0.2) is 0 Å². The predicted molar refractivity (Wildman–Crippen MR) is 82.9 cm³/mol. The van der Waals surface area contributed by atoms with Crippen molar-refractivity contribution in [2.24, 2.45) is 5.14 Å². The van der Waals surface area contributed by atoms with Crippen LogP contribution in [0, 0.1) is 10.1 Å². The van der Waals surface area contributed by atoms with E-state index < -0.39 is 14.9 Å². The van der Waals surface area contributed by atoms with Gasteiger partial charge in [-0.25, -0.2) is 13.6 Å². The molecule has 7 nitrogen and oxygen atoms in total. The van der Waals surface area contributed by atoms with Crippen molar-refractivity contribution in [2.45, 2.75) is 17.9 Å². The lowest BCUT2D eigenvalue weighted by Gasteiger charge is -2.16. The first-order chi connectivity index (χ1) is 10.3. The average molecular weight is 321 g/mol. The standard InChI is InChI=1S/C14H15N3O4S/c1-10(11-5-4-6-12(9-11)22(15,20)21)16-13-7-2-3-8-14(13)17(18)19/h2-10,16H,1H3,(H2,15,20,21)/t10-/m1/s1. The summed E-state index contributed by atoms with van der Waals surface area (Å²) >= 11 is 0. The van der Waals surface area contributed by atoms with Crippen LogP contribution in [0.5, 0.6) is 0 Å². The molecule has 0 aliphatic heterocycles. The third kappa shape index (κ3) is 3.60. The lowest BCUT2D eigenvalue weighted by atomic mass is 10.1. The maximum atomic E-state index is 11.4. The largest absolute Gasteiger partial charge is 0.373 e. The number of para-hydroxylation sites is 2. The van der Waals surface area contributed by atoms with Gasteiger partial charge in [-0.15, -0.1) is 0 Å². The molecule has 1 atom stereocenters. The summed E-state index contributed by atoms with van der Waals surface area (Å²) < 4.78 is 22.8. The Hall–Kier alpha value is -2.45. The molecule has 22 heavy (non-hydrogen) atoms. The molecule has 2 rings (SSSR count). The van der Waals surface area contributed by atoms with E-state index in [1.807, 2.05) is 0 Å². The van der Waals surface area contributed by atoms with Crippen molar-refractivity contribution in [3.05, 3.63) is 64.2 Å². The normalized spacial score (nSPS) is 12.6. The SMILES string of the molecule is C[C@@H](Nc1ccccc1[N+](=O)[O-])c1cccc(S(N)(=O)=O)c1. The highest BCUT2D eigenvalue weighted by molar-refractivity contribution is 7.89. The Kier molecular flexibility index (Phi) is 4.43. The van der Waals surface area contributed by atoms with Gasteiger partial charge in [0.2, 0.25) is 10.0 Å². The molecule has 2 aromatic rings. The molecule has 0 heterocycles. The number of nitro groups is 1. The Bertz CT molecular complexity index is 805. The number of sulfonamides is 1. The highest BCUT2D eigenvalue weighted by Gasteiger charge is 2.16. The predicted octanol–water partition coefficient (Wildman–Crippen LogP) is 2.42. The molecule has 0 unspecified atom stereocenters. The molecule has 3 N–H and O–H groups in total. The number of rotatable bonds is 5. The maximum Gasteiger partial charge on any atom is 0.292 e. The molecule has 0 bridgehead atoms. The van der Waals surface area contributed by atoms with Gasteiger partial charge in [-0.05, 0) is 30.7 Å². The summed E-state index contributed by atoms with van der Waals surface area (Å²) in [6.45, 7) is 1.78. The van der Waals surface area contributed by atoms with Crippen molar-refractivity contribution in [2.75, 3.05) is 5.32 Å². The summed E-state index contributed by atoms with van der Waals surface area (Å²) in [5.41, 5.74) is 0.975. The topological polar surface area (TPSA) is 115 Å². The Morgan fingerprint density at radius 3 is 2.50 bits per heavy atom. The number of nitrogens with zero attached hydrogens (tertiary/aromatic N) is 1. The van der Waals surface area contributed by atoms with Gasteiger partial charge >= 0.3 is 0 Å². The van der Waals surface area contributed by atoms with Gasteiger partial charge in [0.1, 0.15) is 5.69 Å². The summed E-state index contributed by atoms with van der Waals surface area (Å²) in [4.78, 5) is 10.5. The van der Waals surface area contributed by atoms with Crippen molar-refractivity contribution in [1.29, 1.82) is 0 Å². The lowest BCUT2D eigenvalue weighted by Crippen LogP contribution is -2.14. The van der Waals surface area contributed by atoms with Crippen LogP contribution in [0.3, 0.4) is 0 Å². The van der Waals surface area contributed by atoms with E-state index in [9.17, 15) is 18.5 Å². The molecule has 2 aromatic carbocycles. The van der Waals surface area contributed by atoms with E-state index in [1.165, 1.54) is 18.2 Å². The zero-order chi connectivity index (χ0) is 16.3. The maximum absolute atomic E-state index is 11.4. The van der Waals surface area contributed by atoms with Crippen LogP contribution < -0.4 is 10.5 Å². The van der Waals surface area contributed by atoms with Gasteiger partial charge in [0.05, 0.1) is 9.82 Å². The van der Waals surface area contributed by atoms with Gasteiger partial charge in [-0.2, -0.15) is 0 Å². The fraction of sp³-hybridized carbons (Fsp3) is 0.143. The van der Waals surface area contributed by atoms with Crippen LogP contribution in [0.4, 0.5) is 11.4 Å². The minimum absolute atomic E-state index is 0.00112. The molecule has 116 valence electrons. The number of nitrogens with two attached hydrogens (primary N) is 1. The van der Waals surface area contributed by atoms with Gasteiger partial charge in [-0.1, -0.05) is 24.3 Å². The first-order valence-corrected chi connectivity index (χ1v) is 7.96. The minimum atomic E-state index is -3.79. The molecule has 8 heteroatoms. The first-order valence-electron chi connectivity index (χ1n) is 6.42. The van der Waals surface area contributed by atoms with E-state index in [0.29, 0.717) is 11.3 Å². The second kappa shape index (κ2) is 6.12. The molecule has 0 aromatic heterocycles. The second-order valence-electron chi connectivity index (χ2n) is 4.76. The Morgan fingerprint density at radius 2 is 1.86 bits per heavy atom. The number of nitro benzene ring substituents is 1. The molecule has 0 amide bonds. The summed E-state index contributed by atoms with van der Waals surface area (Å²) in [6, 6.07) is 12.1. The van der Waals surface area contributed by atoms with Crippen LogP contribution in [-0.4, -0.2) is 13.3 Å². The summed E-state index contributed by atoms with van der Waals surface area (Å²) in [6.07, 6.45) is 0. The van der Waals surface area contributed by atoms with Gasteiger partial charge in [0, 0.05) is 12.1 Å². The van der Waals surface area contributed by atoms with Crippen LogP contribution in [0.1, 0.15) is 18.5 Å². The average Bonchev–Trinajstić information content (AvgIpc) is 2.47. The van der Waals surface area contributed by atoms with Crippen LogP contribution in [0.25, 0.3) is 0 Å². The molecule has 0 spiro atoms. The first kappa shape index (κ1) is 15.9. The van der Waals surface area contributed by atoms with Gasteiger partial charge < -0.3 is 5.32 Å². The summed E-state index contributed by atoms with van der Waals surface area (Å²) in [7, 11) is -3.79.